The standard InChI is InChI=1S/C27H29N3O3/c1-3-29(4-2)22-15-13-21(14-16-22)28-27(32)23-10-6-8-12-25(23)33-19-26(31)30-18-17-20-9-5-7-11-24(20)30/h5-16H,3-4,17-19H2,1-2H3,(H,28,32). The van der Waals surface area contributed by atoms with Gasteiger partial charge in [-0.15, -0.1) is 0 Å². The molecule has 1 aliphatic heterocycles. The Bertz CT molecular complexity index is 1120. The van der Waals surface area contributed by atoms with Crippen LogP contribution in [0.15, 0.2) is 72.8 Å². The largest absolute Gasteiger partial charge is 0.483 e. The van der Waals surface area contributed by atoms with Gasteiger partial charge in [0.15, 0.2) is 6.61 Å². The summed E-state index contributed by atoms with van der Waals surface area (Å²) < 4.78 is 5.81. The van der Waals surface area contributed by atoms with Crippen molar-refractivity contribution in [3.05, 3.63) is 83.9 Å². The average Bonchev–Trinajstić information content (AvgIpc) is 3.29. The summed E-state index contributed by atoms with van der Waals surface area (Å²) in [5.41, 5.74) is 4.31. The molecule has 1 N–H and O–H groups in total. The van der Waals surface area contributed by atoms with Crippen LogP contribution < -0.4 is 19.9 Å². The third kappa shape index (κ3) is 5.00. The smallest absolute Gasteiger partial charge is 0.264 e. The lowest BCUT2D eigenvalue weighted by molar-refractivity contribution is -0.120. The highest BCUT2D eigenvalue weighted by Gasteiger charge is 2.24. The topological polar surface area (TPSA) is 61.9 Å². The third-order valence-corrected chi connectivity index (χ3v) is 5.92. The minimum Gasteiger partial charge on any atom is -0.483 e. The van der Waals surface area contributed by atoms with Gasteiger partial charge in [-0.05, 0) is 68.3 Å². The molecule has 3 aromatic rings. The Labute approximate surface area is 194 Å². The van der Waals surface area contributed by atoms with E-state index in [-0.39, 0.29) is 18.4 Å². The predicted octanol–water partition coefficient (Wildman–Crippen LogP) is 4.75. The second kappa shape index (κ2) is 10.2. The summed E-state index contributed by atoms with van der Waals surface area (Å²) in [5, 5.41) is 2.92. The van der Waals surface area contributed by atoms with Crippen molar-refractivity contribution < 1.29 is 14.3 Å². The van der Waals surface area contributed by atoms with Crippen LogP contribution in [0.3, 0.4) is 0 Å². The van der Waals surface area contributed by atoms with Gasteiger partial charge in [0.25, 0.3) is 11.8 Å². The lowest BCUT2D eigenvalue weighted by Crippen LogP contribution is -2.33. The second-order valence-corrected chi connectivity index (χ2v) is 7.88. The number of nitrogens with zero attached hydrogens (tertiary/aromatic N) is 2. The van der Waals surface area contributed by atoms with Crippen LogP contribution in [0.4, 0.5) is 17.1 Å². The van der Waals surface area contributed by atoms with E-state index >= 15 is 0 Å². The van der Waals surface area contributed by atoms with E-state index in [1.807, 2.05) is 48.5 Å². The summed E-state index contributed by atoms with van der Waals surface area (Å²) in [5.74, 6) is -0.0158. The van der Waals surface area contributed by atoms with Gasteiger partial charge in [-0.3, -0.25) is 9.59 Å². The molecule has 33 heavy (non-hydrogen) atoms. The van der Waals surface area contributed by atoms with Crippen molar-refractivity contribution in [3.8, 4) is 5.75 Å². The predicted molar refractivity (Wildman–Crippen MR) is 132 cm³/mol. The summed E-state index contributed by atoms with van der Waals surface area (Å²) in [7, 11) is 0. The van der Waals surface area contributed by atoms with Gasteiger partial charge < -0.3 is 19.9 Å². The molecule has 1 aliphatic rings. The first-order valence-corrected chi connectivity index (χ1v) is 11.4. The maximum atomic E-state index is 12.9. The molecule has 0 radical (unpaired) electrons. The Balaban J connectivity index is 1.41. The minimum absolute atomic E-state index is 0.123. The van der Waals surface area contributed by atoms with Crippen LogP contribution >= 0.6 is 0 Å². The van der Waals surface area contributed by atoms with E-state index in [1.165, 1.54) is 0 Å². The molecular formula is C27H29N3O3. The molecule has 4 rings (SSSR count). The van der Waals surface area contributed by atoms with Gasteiger partial charge >= 0.3 is 0 Å². The molecule has 0 spiro atoms. The molecule has 0 bridgehead atoms. The van der Waals surface area contributed by atoms with Crippen LogP contribution in [-0.4, -0.2) is 38.1 Å². The van der Waals surface area contributed by atoms with Gasteiger partial charge in [0.1, 0.15) is 5.75 Å². The van der Waals surface area contributed by atoms with E-state index in [4.69, 9.17) is 4.74 Å². The van der Waals surface area contributed by atoms with Crippen molar-refractivity contribution in [2.24, 2.45) is 0 Å². The van der Waals surface area contributed by atoms with E-state index in [0.29, 0.717) is 23.5 Å². The molecule has 1 heterocycles. The number of ether oxygens (including phenoxy) is 1. The molecule has 6 nitrogen and oxygen atoms in total. The maximum absolute atomic E-state index is 12.9. The van der Waals surface area contributed by atoms with Gasteiger partial charge in [0, 0.05) is 36.7 Å². The van der Waals surface area contributed by atoms with Gasteiger partial charge in [0.2, 0.25) is 0 Å². The highest BCUT2D eigenvalue weighted by Crippen LogP contribution is 2.28. The SMILES string of the molecule is CCN(CC)c1ccc(NC(=O)c2ccccc2OCC(=O)N2CCc3ccccc32)cc1. The Morgan fingerprint density at radius 1 is 0.939 bits per heavy atom. The normalized spacial score (nSPS) is 12.2. The molecule has 0 fully saturated rings. The van der Waals surface area contributed by atoms with E-state index < -0.39 is 0 Å². The fraction of sp³-hybridized carbons (Fsp3) is 0.259. The zero-order valence-corrected chi connectivity index (χ0v) is 19.1. The van der Waals surface area contributed by atoms with Crippen LogP contribution in [0.1, 0.15) is 29.8 Å². The lowest BCUT2D eigenvalue weighted by Gasteiger charge is -2.21. The number of para-hydroxylation sites is 2. The first-order chi connectivity index (χ1) is 16.1. The number of amides is 2. The lowest BCUT2D eigenvalue weighted by atomic mass is 10.1. The van der Waals surface area contributed by atoms with Crippen molar-refractivity contribution in [2.45, 2.75) is 20.3 Å². The Morgan fingerprint density at radius 3 is 2.39 bits per heavy atom. The van der Waals surface area contributed by atoms with Crippen LogP contribution in [0, 0.1) is 0 Å². The van der Waals surface area contributed by atoms with Crippen LogP contribution in [0.25, 0.3) is 0 Å². The molecule has 0 saturated heterocycles. The first kappa shape index (κ1) is 22.4. The number of hydrogen-bond acceptors (Lipinski definition) is 4. The molecule has 0 saturated carbocycles. The van der Waals surface area contributed by atoms with Crippen molar-refractivity contribution in [1.29, 1.82) is 0 Å². The number of carbonyl (C=O) groups is 2. The average molecular weight is 444 g/mol. The van der Waals surface area contributed by atoms with Gasteiger partial charge in [-0.1, -0.05) is 30.3 Å². The minimum atomic E-state index is -0.278. The summed E-state index contributed by atoms with van der Waals surface area (Å²) >= 11 is 0. The highest BCUT2D eigenvalue weighted by atomic mass is 16.5. The van der Waals surface area contributed by atoms with E-state index in [0.717, 1.165) is 36.4 Å². The summed E-state index contributed by atoms with van der Waals surface area (Å²) in [6.07, 6.45) is 0.841. The number of anilines is 3. The molecule has 6 heteroatoms. The van der Waals surface area contributed by atoms with Gasteiger partial charge in [-0.25, -0.2) is 0 Å². The molecule has 0 aromatic heterocycles. The Kier molecular flexibility index (Phi) is 6.93. The molecule has 170 valence electrons. The molecule has 0 aliphatic carbocycles. The Morgan fingerprint density at radius 2 is 1.64 bits per heavy atom. The zero-order valence-electron chi connectivity index (χ0n) is 19.1. The quantitative estimate of drug-likeness (QED) is 0.546. The summed E-state index contributed by atoms with van der Waals surface area (Å²) in [6.45, 7) is 6.60. The van der Waals surface area contributed by atoms with Crippen LogP contribution in [0.2, 0.25) is 0 Å². The van der Waals surface area contributed by atoms with Crippen LogP contribution in [0.5, 0.6) is 5.75 Å². The number of carbonyl (C=O) groups excluding carboxylic acids is 2. The molecule has 0 atom stereocenters. The monoisotopic (exact) mass is 443 g/mol. The zero-order chi connectivity index (χ0) is 23.2. The van der Waals surface area contributed by atoms with E-state index in [1.54, 1.807) is 29.2 Å². The van der Waals surface area contributed by atoms with E-state index in [9.17, 15) is 9.59 Å². The highest BCUT2D eigenvalue weighted by molar-refractivity contribution is 6.06. The van der Waals surface area contributed by atoms with Crippen LogP contribution in [-0.2, 0) is 11.2 Å². The van der Waals surface area contributed by atoms with E-state index in [2.05, 4.69) is 24.1 Å². The third-order valence-electron chi connectivity index (χ3n) is 5.92. The number of fused-ring (bicyclic) bond motifs is 1. The van der Waals surface area contributed by atoms with Crippen molar-refractivity contribution in [2.75, 3.05) is 41.4 Å². The molecule has 0 unspecified atom stereocenters. The van der Waals surface area contributed by atoms with Crippen molar-refractivity contribution in [1.82, 2.24) is 0 Å². The first-order valence-electron chi connectivity index (χ1n) is 11.4. The molecular weight excluding hydrogens is 414 g/mol. The number of rotatable bonds is 8. The van der Waals surface area contributed by atoms with Crippen molar-refractivity contribution >= 4 is 28.9 Å². The number of nitrogens with one attached hydrogen (secondary N) is 1. The maximum Gasteiger partial charge on any atom is 0.264 e. The second-order valence-electron chi connectivity index (χ2n) is 7.88. The molecule has 3 aromatic carbocycles. The van der Waals surface area contributed by atoms with Gasteiger partial charge in [0.05, 0.1) is 5.56 Å². The fourth-order valence-electron chi connectivity index (χ4n) is 4.14. The Hall–Kier alpha value is -3.80. The summed E-state index contributed by atoms with van der Waals surface area (Å²) in [6, 6.07) is 22.7. The summed E-state index contributed by atoms with van der Waals surface area (Å²) in [4.78, 5) is 29.7. The van der Waals surface area contributed by atoms with Gasteiger partial charge in [-0.2, -0.15) is 0 Å². The number of hydrogen-bond donors (Lipinski definition) is 1. The number of benzene rings is 3. The fourth-order valence-corrected chi connectivity index (χ4v) is 4.14. The molecule has 2 amide bonds. The van der Waals surface area contributed by atoms with Crippen molar-refractivity contribution in [3.63, 3.8) is 0 Å².